The third-order valence-corrected chi connectivity index (χ3v) is 4.52. The molecule has 2 aliphatic rings. The molecule has 0 aromatic carbocycles. The first-order valence-electron chi connectivity index (χ1n) is 7.46. The predicted molar refractivity (Wildman–Crippen MR) is 71.4 cm³/mol. The van der Waals surface area contributed by atoms with Crippen LogP contribution in [-0.2, 0) is 4.79 Å². The Balaban J connectivity index is 1.51. The van der Waals surface area contributed by atoms with Crippen LogP contribution in [0.25, 0.3) is 0 Å². The molecule has 104 valence electrons. The predicted octanol–water partition coefficient (Wildman–Crippen LogP) is 2.02. The molecule has 1 atom stereocenters. The van der Waals surface area contributed by atoms with Crippen molar-refractivity contribution in [1.82, 2.24) is 19.9 Å². The van der Waals surface area contributed by atoms with Gasteiger partial charge < -0.3 is 4.90 Å². The molecule has 0 spiro atoms. The first-order chi connectivity index (χ1) is 9.33. The van der Waals surface area contributed by atoms with Gasteiger partial charge in [0.1, 0.15) is 0 Å². The number of likely N-dealkylation sites (tertiary alicyclic amines) is 1. The molecule has 1 unspecified atom stereocenters. The van der Waals surface area contributed by atoms with Gasteiger partial charge in [-0.15, -0.1) is 5.10 Å². The Hall–Kier alpha value is -1.39. The van der Waals surface area contributed by atoms with Crippen LogP contribution in [0.2, 0.25) is 0 Å². The van der Waals surface area contributed by atoms with Crippen molar-refractivity contribution in [2.24, 2.45) is 5.92 Å². The molecular formula is C14H22N4O. The lowest BCUT2D eigenvalue weighted by Crippen LogP contribution is -2.31. The number of hydrogen-bond acceptors (Lipinski definition) is 3. The molecule has 5 nitrogen and oxygen atoms in total. The second-order valence-corrected chi connectivity index (χ2v) is 5.87. The molecule has 2 heterocycles. The zero-order valence-electron chi connectivity index (χ0n) is 11.4. The van der Waals surface area contributed by atoms with E-state index in [1.807, 2.05) is 15.8 Å². The van der Waals surface area contributed by atoms with Crippen molar-refractivity contribution in [3.05, 3.63) is 12.4 Å². The number of rotatable bonds is 3. The van der Waals surface area contributed by atoms with Crippen molar-refractivity contribution in [3.8, 4) is 0 Å². The van der Waals surface area contributed by atoms with E-state index in [9.17, 15) is 4.79 Å². The van der Waals surface area contributed by atoms with Crippen LogP contribution in [0, 0.1) is 5.92 Å². The Labute approximate surface area is 114 Å². The average molecular weight is 262 g/mol. The highest BCUT2D eigenvalue weighted by Crippen LogP contribution is 2.28. The lowest BCUT2D eigenvalue weighted by atomic mass is 9.87. The number of nitrogens with zero attached hydrogens (tertiary/aromatic N) is 4. The highest BCUT2D eigenvalue weighted by molar-refractivity contribution is 5.76. The summed E-state index contributed by atoms with van der Waals surface area (Å²) in [5.41, 5.74) is 0. The number of amides is 1. The van der Waals surface area contributed by atoms with Gasteiger partial charge in [0.15, 0.2) is 0 Å². The normalized spacial score (nSPS) is 24.8. The summed E-state index contributed by atoms with van der Waals surface area (Å²) in [6.07, 6.45) is 11.8. The first-order valence-corrected chi connectivity index (χ1v) is 7.46. The molecule has 3 rings (SSSR count). The number of hydrogen-bond donors (Lipinski definition) is 0. The highest BCUT2D eigenvalue weighted by atomic mass is 16.2. The summed E-state index contributed by atoms with van der Waals surface area (Å²) in [5.74, 6) is 0.973. The van der Waals surface area contributed by atoms with Crippen molar-refractivity contribution >= 4 is 5.91 Å². The maximum absolute atomic E-state index is 12.3. The van der Waals surface area contributed by atoms with Crippen molar-refractivity contribution in [3.63, 3.8) is 0 Å². The maximum Gasteiger partial charge on any atom is 0.222 e. The third-order valence-electron chi connectivity index (χ3n) is 4.52. The van der Waals surface area contributed by atoms with E-state index in [2.05, 4.69) is 10.3 Å². The lowest BCUT2D eigenvalue weighted by molar-refractivity contribution is -0.131. The third kappa shape index (κ3) is 2.96. The average Bonchev–Trinajstić information content (AvgIpc) is 3.11. The van der Waals surface area contributed by atoms with Crippen LogP contribution in [0.3, 0.4) is 0 Å². The largest absolute Gasteiger partial charge is 0.340 e. The highest BCUT2D eigenvalue weighted by Gasteiger charge is 2.29. The summed E-state index contributed by atoms with van der Waals surface area (Å²) in [5, 5.41) is 7.88. The van der Waals surface area contributed by atoms with Crippen molar-refractivity contribution in [2.45, 2.75) is 51.0 Å². The molecule has 1 amide bonds. The van der Waals surface area contributed by atoms with E-state index < -0.39 is 0 Å². The Bertz CT molecular complexity index is 411. The quantitative estimate of drug-likeness (QED) is 0.837. The van der Waals surface area contributed by atoms with Gasteiger partial charge in [-0.25, -0.2) is 4.68 Å². The number of carbonyl (C=O) groups excluding carboxylic acids is 1. The minimum absolute atomic E-state index is 0.317. The molecular weight excluding hydrogens is 240 g/mol. The molecule has 0 N–H and O–H groups in total. The molecule has 5 heteroatoms. The second-order valence-electron chi connectivity index (χ2n) is 5.87. The summed E-state index contributed by atoms with van der Waals surface area (Å²) in [7, 11) is 0. The van der Waals surface area contributed by atoms with Gasteiger partial charge >= 0.3 is 0 Å². The van der Waals surface area contributed by atoms with Gasteiger partial charge in [0.2, 0.25) is 5.91 Å². The first kappa shape index (κ1) is 12.6. The molecule has 1 aliphatic heterocycles. The SMILES string of the molecule is O=C(CC1CCCCC1)N1CCC(n2ccnn2)C1. The fraction of sp³-hybridized carbons (Fsp3) is 0.786. The molecule has 19 heavy (non-hydrogen) atoms. The number of aromatic nitrogens is 3. The summed E-state index contributed by atoms with van der Waals surface area (Å²) in [6.45, 7) is 1.67. The van der Waals surface area contributed by atoms with Crippen LogP contribution in [0.15, 0.2) is 12.4 Å². The Morgan fingerprint density at radius 1 is 1.21 bits per heavy atom. The van der Waals surface area contributed by atoms with Gasteiger partial charge in [-0.05, 0) is 25.2 Å². The molecule has 2 fully saturated rings. The summed E-state index contributed by atoms with van der Waals surface area (Å²) in [6, 6.07) is 0.317. The van der Waals surface area contributed by atoms with Crippen LogP contribution in [0.4, 0.5) is 0 Å². The van der Waals surface area contributed by atoms with Crippen LogP contribution in [0.1, 0.15) is 51.0 Å². The van der Waals surface area contributed by atoms with Gasteiger partial charge in [-0.3, -0.25) is 4.79 Å². The van der Waals surface area contributed by atoms with Gasteiger partial charge in [-0.1, -0.05) is 24.5 Å². The van der Waals surface area contributed by atoms with Gasteiger partial charge in [0, 0.05) is 25.7 Å². The van der Waals surface area contributed by atoms with Gasteiger partial charge in [0.25, 0.3) is 0 Å². The van der Waals surface area contributed by atoms with E-state index in [0.29, 0.717) is 17.9 Å². The zero-order chi connectivity index (χ0) is 13.1. The second kappa shape index (κ2) is 5.72. The minimum atomic E-state index is 0.317. The van der Waals surface area contributed by atoms with Gasteiger partial charge in [0.05, 0.1) is 12.2 Å². The fourth-order valence-corrected chi connectivity index (χ4v) is 3.36. The summed E-state index contributed by atoms with van der Waals surface area (Å²) >= 11 is 0. The molecule has 1 aromatic rings. The molecule has 1 aliphatic carbocycles. The lowest BCUT2D eigenvalue weighted by Gasteiger charge is -2.24. The van der Waals surface area contributed by atoms with Crippen molar-refractivity contribution in [2.75, 3.05) is 13.1 Å². The maximum atomic E-state index is 12.3. The Kier molecular flexibility index (Phi) is 3.80. The van der Waals surface area contributed by atoms with E-state index in [4.69, 9.17) is 0 Å². The molecule has 1 saturated heterocycles. The topological polar surface area (TPSA) is 51.0 Å². The fourth-order valence-electron chi connectivity index (χ4n) is 3.36. The van der Waals surface area contributed by atoms with E-state index in [0.717, 1.165) is 25.9 Å². The smallest absolute Gasteiger partial charge is 0.222 e. The van der Waals surface area contributed by atoms with Crippen LogP contribution in [-0.4, -0.2) is 38.9 Å². The van der Waals surface area contributed by atoms with Crippen LogP contribution in [0.5, 0.6) is 0 Å². The molecule has 0 bridgehead atoms. The van der Waals surface area contributed by atoms with Crippen molar-refractivity contribution < 1.29 is 4.79 Å². The van der Waals surface area contributed by atoms with E-state index >= 15 is 0 Å². The Morgan fingerprint density at radius 2 is 2.05 bits per heavy atom. The molecule has 1 saturated carbocycles. The van der Waals surface area contributed by atoms with E-state index in [-0.39, 0.29) is 0 Å². The molecule has 0 radical (unpaired) electrons. The van der Waals surface area contributed by atoms with E-state index in [1.165, 1.54) is 32.1 Å². The molecule has 1 aromatic heterocycles. The standard InChI is InChI=1S/C14H22N4O/c19-14(10-12-4-2-1-3-5-12)17-8-6-13(11-17)18-9-7-15-16-18/h7,9,12-13H,1-6,8,10-11H2. The monoisotopic (exact) mass is 262 g/mol. The van der Waals surface area contributed by atoms with E-state index in [1.54, 1.807) is 6.20 Å². The van der Waals surface area contributed by atoms with Crippen LogP contribution < -0.4 is 0 Å². The van der Waals surface area contributed by atoms with Gasteiger partial charge in [-0.2, -0.15) is 0 Å². The van der Waals surface area contributed by atoms with Crippen LogP contribution >= 0.6 is 0 Å². The zero-order valence-corrected chi connectivity index (χ0v) is 11.4. The summed E-state index contributed by atoms with van der Waals surface area (Å²) in [4.78, 5) is 14.3. The Morgan fingerprint density at radius 3 is 2.79 bits per heavy atom. The minimum Gasteiger partial charge on any atom is -0.340 e. The van der Waals surface area contributed by atoms with Crippen molar-refractivity contribution in [1.29, 1.82) is 0 Å². The summed E-state index contributed by atoms with van der Waals surface area (Å²) < 4.78 is 1.88. The number of carbonyl (C=O) groups is 1.